The molecule has 0 aliphatic heterocycles. The molecule has 80 valence electrons. The minimum absolute atomic E-state index is 0.222. The predicted octanol–water partition coefficient (Wildman–Crippen LogP) is 1.31. The number of hydrogen-bond donors (Lipinski definition) is 0. The summed E-state index contributed by atoms with van der Waals surface area (Å²) in [6, 6.07) is 2.60. The summed E-state index contributed by atoms with van der Waals surface area (Å²) in [6.45, 7) is 3.44. The van der Waals surface area contributed by atoms with Crippen molar-refractivity contribution in [1.82, 2.24) is 0 Å². The molecule has 0 aliphatic carbocycles. The average molecular weight is 214 g/mol. The standard InChI is InChI=1S/C9H11BF2NO2/c1-7(2)15-9(14)8-3-5-13(6-4-8)10(11)12/h3-7H,1-2H3/q+1. The number of hydrogen-bond acceptors (Lipinski definition) is 2. The van der Waals surface area contributed by atoms with Crippen molar-refractivity contribution >= 4 is 13.4 Å². The molecule has 0 saturated carbocycles. The van der Waals surface area contributed by atoms with Gasteiger partial charge < -0.3 is 4.74 Å². The number of halogens is 2. The van der Waals surface area contributed by atoms with Gasteiger partial charge in [0, 0.05) is 12.1 Å². The number of pyridine rings is 1. The molecule has 0 saturated heterocycles. The van der Waals surface area contributed by atoms with Crippen LogP contribution < -0.4 is 4.48 Å². The highest BCUT2D eigenvalue weighted by molar-refractivity contribution is 6.31. The Kier molecular flexibility index (Phi) is 3.77. The van der Waals surface area contributed by atoms with Crippen molar-refractivity contribution < 1.29 is 22.6 Å². The zero-order chi connectivity index (χ0) is 11.4. The molecule has 3 nitrogen and oxygen atoms in total. The van der Waals surface area contributed by atoms with Crippen molar-refractivity contribution in [2.45, 2.75) is 20.0 Å². The zero-order valence-corrected chi connectivity index (χ0v) is 8.48. The third-order valence-electron chi connectivity index (χ3n) is 1.66. The smallest absolute Gasteiger partial charge is 0.459 e. The lowest BCUT2D eigenvalue weighted by Gasteiger charge is -2.06. The second-order valence-corrected chi connectivity index (χ2v) is 3.27. The van der Waals surface area contributed by atoms with Gasteiger partial charge in [-0.15, -0.1) is 0 Å². The van der Waals surface area contributed by atoms with Gasteiger partial charge in [-0.05, 0) is 13.8 Å². The van der Waals surface area contributed by atoms with E-state index in [9.17, 15) is 13.4 Å². The van der Waals surface area contributed by atoms with Crippen LogP contribution in [0.4, 0.5) is 8.63 Å². The quantitative estimate of drug-likeness (QED) is 0.560. The van der Waals surface area contributed by atoms with E-state index in [4.69, 9.17) is 4.74 Å². The molecule has 0 aliphatic rings. The third-order valence-corrected chi connectivity index (χ3v) is 1.66. The highest BCUT2D eigenvalue weighted by atomic mass is 19.2. The van der Waals surface area contributed by atoms with E-state index in [1.165, 1.54) is 12.1 Å². The fourth-order valence-corrected chi connectivity index (χ4v) is 0.986. The van der Waals surface area contributed by atoms with E-state index in [1.807, 2.05) is 0 Å². The van der Waals surface area contributed by atoms with Crippen molar-refractivity contribution in [3.05, 3.63) is 30.1 Å². The highest BCUT2D eigenvalue weighted by Gasteiger charge is 2.31. The Balaban J connectivity index is 2.75. The van der Waals surface area contributed by atoms with Gasteiger partial charge >= 0.3 is 13.4 Å². The molecule has 1 rings (SSSR count). The molecule has 0 fully saturated rings. The van der Waals surface area contributed by atoms with Crippen LogP contribution in [0.1, 0.15) is 24.2 Å². The number of rotatable bonds is 3. The van der Waals surface area contributed by atoms with Crippen LogP contribution in [0.5, 0.6) is 0 Å². The number of nitrogens with zero attached hydrogens (tertiary/aromatic N) is 1. The van der Waals surface area contributed by atoms with Crippen molar-refractivity contribution in [2.24, 2.45) is 0 Å². The molecular weight excluding hydrogens is 203 g/mol. The van der Waals surface area contributed by atoms with Crippen molar-refractivity contribution in [3.8, 4) is 0 Å². The van der Waals surface area contributed by atoms with E-state index in [-0.39, 0.29) is 11.7 Å². The lowest BCUT2D eigenvalue weighted by Crippen LogP contribution is -2.44. The van der Waals surface area contributed by atoms with Gasteiger partial charge in [0.05, 0.1) is 11.7 Å². The fourth-order valence-electron chi connectivity index (χ4n) is 0.986. The summed E-state index contributed by atoms with van der Waals surface area (Å²) in [6.07, 6.45) is 2.06. The maximum absolute atomic E-state index is 12.2. The van der Waals surface area contributed by atoms with Gasteiger partial charge in [0.25, 0.3) is 0 Å². The van der Waals surface area contributed by atoms with Crippen LogP contribution in [0.15, 0.2) is 24.5 Å². The van der Waals surface area contributed by atoms with Gasteiger partial charge in [0.1, 0.15) is 12.4 Å². The zero-order valence-electron chi connectivity index (χ0n) is 8.48. The van der Waals surface area contributed by atoms with Gasteiger partial charge in [-0.3, -0.25) is 0 Å². The first-order valence-electron chi connectivity index (χ1n) is 4.50. The molecule has 0 N–H and O–H groups in total. The molecule has 6 heteroatoms. The minimum atomic E-state index is -2.60. The molecule has 0 atom stereocenters. The third kappa shape index (κ3) is 3.30. The lowest BCUT2D eigenvalue weighted by molar-refractivity contribution is -0.554. The second-order valence-electron chi connectivity index (χ2n) is 3.27. The Bertz CT molecular complexity index is 340. The van der Waals surface area contributed by atoms with Crippen LogP contribution in [0.3, 0.4) is 0 Å². The Morgan fingerprint density at radius 3 is 2.33 bits per heavy atom. The molecule has 0 aromatic carbocycles. The minimum Gasteiger partial charge on any atom is -0.459 e. The van der Waals surface area contributed by atoms with Crippen LogP contribution in [0.2, 0.25) is 0 Å². The first-order chi connectivity index (χ1) is 7.00. The van der Waals surface area contributed by atoms with Crippen molar-refractivity contribution in [2.75, 3.05) is 0 Å². The topological polar surface area (TPSA) is 30.2 Å². The summed E-state index contributed by atoms with van der Waals surface area (Å²) < 4.78 is 29.9. The molecule has 1 aromatic rings. The Labute approximate surface area is 86.9 Å². The fraction of sp³-hybridized carbons (Fsp3) is 0.333. The normalized spacial score (nSPS) is 10.2. The van der Waals surface area contributed by atoms with Gasteiger partial charge in [0.15, 0.2) is 0 Å². The largest absolute Gasteiger partial charge is 0.934 e. The number of esters is 1. The van der Waals surface area contributed by atoms with Crippen LogP contribution >= 0.6 is 0 Å². The van der Waals surface area contributed by atoms with Gasteiger partial charge in [-0.25, -0.2) is 17.9 Å². The average Bonchev–Trinajstić information content (AvgIpc) is 2.17. The SMILES string of the molecule is CC(C)OC(=O)c1cc[n+](B(F)F)cc1. The number of carbonyl (C=O) groups excluding carboxylic acids is 1. The second kappa shape index (κ2) is 4.86. The number of carbonyl (C=O) groups is 1. The van der Waals surface area contributed by atoms with Gasteiger partial charge in [-0.1, -0.05) is 0 Å². The molecule has 0 radical (unpaired) electrons. The molecule has 0 amide bonds. The van der Waals surface area contributed by atoms with E-state index >= 15 is 0 Å². The molecule has 0 bridgehead atoms. The van der Waals surface area contributed by atoms with E-state index < -0.39 is 13.4 Å². The summed E-state index contributed by atoms with van der Waals surface area (Å²) >= 11 is 0. The van der Waals surface area contributed by atoms with Gasteiger partial charge in [-0.2, -0.15) is 0 Å². The van der Waals surface area contributed by atoms with E-state index in [0.29, 0.717) is 4.48 Å². The van der Waals surface area contributed by atoms with E-state index in [0.717, 1.165) is 12.4 Å². The van der Waals surface area contributed by atoms with Crippen LogP contribution in [0.25, 0.3) is 0 Å². The molecule has 0 spiro atoms. The molecule has 0 unspecified atom stereocenters. The molecule has 1 heterocycles. The Morgan fingerprint density at radius 1 is 1.40 bits per heavy atom. The maximum atomic E-state index is 12.2. The molecule has 1 aromatic heterocycles. The van der Waals surface area contributed by atoms with Crippen LogP contribution in [-0.4, -0.2) is 19.5 Å². The van der Waals surface area contributed by atoms with Crippen LogP contribution in [0, 0.1) is 0 Å². The maximum Gasteiger partial charge on any atom is 0.934 e. The summed E-state index contributed by atoms with van der Waals surface area (Å²) in [5, 5.41) is 0. The summed E-state index contributed by atoms with van der Waals surface area (Å²) in [7, 11) is -2.60. The highest BCUT2D eigenvalue weighted by Crippen LogP contribution is 2.01. The monoisotopic (exact) mass is 214 g/mol. The number of ether oxygens (including phenoxy) is 1. The molecule has 15 heavy (non-hydrogen) atoms. The van der Waals surface area contributed by atoms with Crippen molar-refractivity contribution in [1.29, 1.82) is 0 Å². The first-order valence-corrected chi connectivity index (χ1v) is 4.50. The van der Waals surface area contributed by atoms with Crippen LogP contribution in [-0.2, 0) is 4.74 Å². The predicted molar refractivity (Wildman–Crippen MR) is 50.6 cm³/mol. The van der Waals surface area contributed by atoms with Crippen molar-refractivity contribution in [3.63, 3.8) is 0 Å². The summed E-state index contributed by atoms with van der Waals surface area (Å²) in [5.74, 6) is -0.508. The Hall–Kier alpha value is -1.46. The van der Waals surface area contributed by atoms with Gasteiger partial charge in [0.2, 0.25) is 0 Å². The lowest BCUT2D eigenvalue weighted by atomic mass is 10.2. The summed E-state index contributed by atoms with van der Waals surface area (Å²) in [4.78, 5) is 11.3. The summed E-state index contributed by atoms with van der Waals surface area (Å²) in [5.41, 5.74) is 0.264. The van der Waals surface area contributed by atoms with E-state index in [2.05, 4.69) is 0 Å². The first kappa shape index (κ1) is 11.6. The van der Waals surface area contributed by atoms with E-state index in [1.54, 1.807) is 13.8 Å². The molecular formula is C9H11BF2NO2+. The number of aromatic nitrogens is 1. The Morgan fingerprint density at radius 2 is 1.93 bits per heavy atom.